The van der Waals surface area contributed by atoms with Gasteiger partial charge in [-0.2, -0.15) is 4.39 Å². The van der Waals surface area contributed by atoms with Gasteiger partial charge in [0.05, 0.1) is 6.61 Å². The zero-order chi connectivity index (χ0) is 20.1. The van der Waals surface area contributed by atoms with Gasteiger partial charge in [-0.3, -0.25) is 0 Å². The first-order chi connectivity index (χ1) is 13.5. The highest BCUT2D eigenvalue weighted by Gasteiger charge is 2.25. The fourth-order valence-electron chi connectivity index (χ4n) is 3.67. The van der Waals surface area contributed by atoms with E-state index in [1.54, 1.807) is 18.2 Å². The van der Waals surface area contributed by atoms with Crippen molar-refractivity contribution >= 4 is 0 Å². The van der Waals surface area contributed by atoms with Crippen LogP contribution >= 0.6 is 0 Å². The Labute approximate surface area is 164 Å². The van der Waals surface area contributed by atoms with E-state index in [1.165, 1.54) is 25.1 Å². The molecular formula is C23H25F3O2. The number of ether oxygens (including phenoxy) is 2. The molecule has 0 amide bonds. The van der Waals surface area contributed by atoms with Crippen LogP contribution in [0.3, 0.4) is 0 Å². The van der Waals surface area contributed by atoms with E-state index < -0.39 is 11.6 Å². The van der Waals surface area contributed by atoms with Crippen molar-refractivity contribution in [2.75, 3.05) is 13.2 Å². The molecule has 28 heavy (non-hydrogen) atoms. The Morgan fingerprint density at radius 3 is 2.43 bits per heavy atom. The van der Waals surface area contributed by atoms with Crippen molar-refractivity contribution in [2.24, 2.45) is 5.92 Å². The highest BCUT2D eigenvalue weighted by Crippen LogP contribution is 2.38. The van der Waals surface area contributed by atoms with Gasteiger partial charge in [-0.05, 0) is 67.7 Å². The maximum Gasteiger partial charge on any atom is 0.200 e. The van der Waals surface area contributed by atoms with Crippen LogP contribution < -0.4 is 9.47 Å². The van der Waals surface area contributed by atoms with Gasteiger partial charge < -0.3 is 9.47 Å². The van der Waals surface area contributed by atoms with Crippen LogP contribution in [0.15, 0.2) is 43.0 Å². The third kappa shape index (κ3) is 4.70. The topological polar surface area (TPSA) is 18.5 Å². The van der Waals surface area contributed by atoms with Crippen LogP contribution in [-0.2, 0) is 0 Å². The van der Waals surface area contributed by atoms with Crippen LogP contribution in [0.1, 0.15) is 42.7 Å². The maximum absolute atomic E-state index is 14.4. The number of hydrogen-bond acceptors (Lipinski definition) is 2. The molecule has 0 spiro atoms. The summed E-state index contributed by atoms with van der Waals surface area (Å²) in [5.74, 6) is -1.20. The van der Waals surface area contributed by atoms with Gasteiger partial charge in [-0.15, -0.1) is 0 Å². The van der Waals surface area contributed by atoms with E-state index in [-0.39, 0.29) is 29.0 Å². The van der Waals surface area contributed by atoms with Crippen LogP contribution in [0.4, 0.5) is 13.2 Å². The van der Waals surface area contributed by atoms with E-state index in [9.17, 15) is 13.2 Å². The van der Waals surface area contributed by atoms with Crippen molar-refractivity contribution in [2.45, 2.75) is 38.5 Å². The predicted molar refractivity (Wildman–Crippen MR) is 103 cm³/mol. The summed E-state index contributed by atoms with van der Waals surface area (Å²) in [5.41, 5.74) is 0.963. The monoisotopic (exact) mass is 390 g/mol. The van der Waals surface area contributed by atoms with Crippen molar-refractivity contribution in [3.8, 4) is 11.5 Å². The van der Waals surface area contributed by atoms with Gasteiger partial charge in [0.25, 0.3) is 0 Å². The van der Waals surface area contributed by atoms with Crippen LogP contribution in [0.25, 0.3) is 0 Å². The minimum atomic E-state index is -0.936. The molecule has 0 heterocycles. The van der Waals surface area contributed by atoms with Crippen LogP contribution in [0.2, 0.25) is 0 Å². The molecule has 1 saturated carbocycles. The zero-order valence-electron chi connectivity index (χ0n) is 16.0. The lowest BCUT2D eigenvalue weighted by atomic mass is 9.79. The van der Waals surface area contributed by atoms with Crippen molar-refractivity contribution in [3.63, 3.8) is 0 Å². The third-order valence-corrected chi connectivity index (χ3v) is 5.34. The minimum absolute atomic E-state index is 0.0496. The molecule has 0 N–H and O–H groups in total. The lowest BCUT2D eigenvalue weighted by molar-refractivity contribution is 0.192. The molecule has 2 nitrogen and oxygen atoms in total. The molecule has 5 heteroatoms. The summed E-state index contributed by atoms with van der Waals surface area (Å²) >= 11 is 0. The van der Waals surface area contributed by atoms with Crippen LogP contribution in [0.5, 0.6) is 11.5 Å². The number of halogens is 3. The van der Waals surface area contributed by atoms with E-state index in [4.69, 9.17) is 9.47 Å². The summed E-state index contributed by atoms with van der Waals surface area (Å²) in [4.78, 5) is 0. The number of hydrogen-bond donors (Lipinski definition) is 0. The van der Waals surface area contributed by atoms with Crippen LogP contribution in [-0.4, -0.2) is 13.2 Å². The smallest absolute Gasteiger partial charge is 0.200 e. The molecule has 2 aromatic carbocycles. The summed E-state index contributed by atoms with van der Waals surface area (Å²) < 4.78 is 52.8. The molecular weight excluding hydrogens is 365 g/mol. The molecule has 1 aliphatic rings. The van der Waals surface area contributed by atoms with Crippen LogP contribution in [0, 0.1) is 30.3 Å². The summed E-state index contributed by atoms with van der Waals surface area (Å²) in [6.45, 7) is 5.77. The lowest BCUT2D eigenvalue weighted by Gasteiger charge is -2.29. The van der Waals surface area contributed by atoms with E-state index >= 15 is 0 Å². The first-order valence-electron chi connectivity index (χ1n) is 9.60. The Bertz CT molecular complexity index is 827. The average molecular weight is 390 g/mol. The fraction of sp³-hybridized carbons (Fsp3) is 0.391. The van der Waals surface area contributed by atoms with E-state index in [0.717, 1.165) is 25.7 Å². The molecule has 2 aromatic rings. The molecule has 0 atom stereocenters. The molecule has 0 unspecified atom stereocenters. The highest BCUT2D eigenvalue weighted by atomic mass is 19.2. The van der Waals surface area contributed by atoms with Crippen molar-refractivity contribution in [1.29, 1.82) is 0 Å². The normalized spacial score (nSPS) is 19.3. The first-order valence-corrected chi connectivity index (χ1v) is 9.60. The third-order valence-electron chi connectivity index (χ3n) is 5.34. The van der Waals surface area contributed by atoms with Crippen molar-refractivity contribution in [3.05, 3.63) is 71.6 Å². The number of aryl methyl sites for hydroxylation is 1. The second-order valence-corrected chi connectivity index (χ2v) is 7.32. The van der Waals surface area contributed by atoms with Gasteiger partial charge in [0.15, 0.2) is 11.6 Å². The van der Waals surface area contributed by atoms with Gasteiger partial charge in [-0.1, -0.05) is 24.8 Å². The Kier molecular flexibility index (Phi) is 6.65. The molecule has 0 aromatic heterocycles. The first kappa shape index (κ1) is 20.3. The molecule has 3 rings (SSSR count). The Hall–Kier alpha value is -2.43. The summed E-state index contributed by atoms with van der Waals surface area (Å²) in [6, 6.07) is 7.97. The Morgan fingerprint density at radius 2 is 1.75 bits per heavy atom. The number of benzene rings is 2. The zero-order valence-corrected chi connectivity index (χ0v) is 16.0. The quantitative estimate of drug-likeness (QED) is 0.514. The fourth-order valence-corrected chi connectivity index (χ4v) is 3.67. The average Bonchev–Trinajstić information content (AvgIpc) is 2.70. The lowest BCUT2D eigenvalue weighted by Crippen LogP contribution is -2.20. The standard InChI is InChI=1S/C23H25F3O2/c1-3-12-27-18-9-10-19(20(24)13-18)17-7-5-16(6-8-17)14-28-21-11-4-15(2)22(25)23(21)26/h3-4,9-11,13,16-17H,1,5-8,12,14H2,2H3. The largest absolute Gasteiger partial charge is 0.490 e. The van der Waals surface area contributed by atoms with E-state index in [2.05, 4.69) is 6.58 Å². The van der Waals surface area contributed by atoms with Gasteiger partial charge in [0, 0.05) is 6.07 Å². The van der Waals surface area contributed by atoms with E-state index in [1.807, 2.05) is 0 Å². The highest BCUT2D eigenvalue weighted by molar-refractivity contribution is 5.32. The summed E-state index contributed by atoms with van der Waals surface area (Å²) in [6.07, 6.45) is 5.00. The molecule has 0 aliphatic heterocycles. The van der Waals surface area contributed by atoms with Gasteiger partial charge in [0.1, 0.15) is 18.2 Å². The molecule has 1 fully saturated rings. The maximum atomic E-state index is 14.4. The van der Waals surface area contributed by atoms with Gasteiger partial charge in [-0.25, -0.2) is 8.78 Å². The minimum Gasteiger partial charge on any atom is -0.490 e. The van der Waals surface area contributed by atoms with Gasteiger partial charge in [0.2, 0.25) is 5.82 Å². The number of rotatable bonds is 7. The summed E-state index contributed by atoms with van der Waals surface area (Å²) in [5, 5.41) is 0. The summed E-state index contributed by atoms with van der Waals surface area (Å²) in [7, 11) is 0. The SMILES string of the molecule is C=CCOc1ccc(C2CCC(COc3ccc(C)c(F)c3F)CC2)c(F)c1. The van der Waals surface area contributed by atoms with E-state index in [0.29, 0.717) is 24.5 Å². The Balaban J connectivity index is 1.53. The Morgan fingerprint density at radius 1 is 1.00 bits per heavy atom. The molecule has 0 saturated heterocycles. The van der Waals surface area contributed by atoms with Gasteiger partial charge >= 0.3 is 0 Å². The molecule has 1 aliphatic carbocycles. The predicted octanol–water partition coefficient (Wildman–Crippen LogP) is 6.33. The molecule has 0 radical (unpaired) electrons. The van der Waals surface area contributed by atoms with Crippen molar-refractivity contribution in [1.82, 2.24) is 0 Å². The van der Waals surface area contributed by atoms with Crippen molar-refractivity contribution < 1.29 is 22.6 Å². The molecule has 0 bridgehead atoms. The second-order valence-electron chi connectivity index (χ2n) is 7.32. The second kappa shape index (κ2) is 9.18. The molecule has 150 valence electrons.